The number of alkyl halides is 3. The van der Waals surface area contributed by atoms with Crippen LogP contribution < -0.4 is 5.73 Å². The second-order valence-electron chi connectivity index (χ2n) is 3.24. The summed E-state index contributed by atoms with van der Waals surface area (Å²) >= 11 is 5.42. The SMILES string of the molecule is NC(C(=O)O)(c1cc(F)ccc1Cl)C(F)(F)F. The molecule has 1 rings (SSSR count). The quantitative estimate of drug-likeness (QED) is 0.811. The molecule has 0 aliphatic heterocycles. The molecule has 0 saturated carbocycles. The van der Waals surface area contributed by atoms with E-state index in [2.05, 4.69) is 0 Å². The summed E-state index contributed by atoms with van der Waals surface area (Å²) in [5.41, 5.74) is 0.0469. The van der Waals surface area contributed by atoms with Gasteiger partial charge in [0.2, 0.25) is 5.54 Å². The van der Waals surface area contributed by atoms with Gasteiger partial charge in [0.1, 0.15) is 5.82 Å². The highest BCUT2D eigenvalue weighted by Gasteiger charge is 2.60. The molecule has 0 spiro atoms. The summed E-state index contributed by atoms with van der Waals surface area (Å²) < 4.78 is 50.9. The second-order valence-corrected chi connectivity index (χ2v) is 3.64. The van der Waals surface area contributed by atoms with Crippen molar-refractivity contribution in [1.29, 1.82) is 0 Å². The first-order chi connectivity index (χ1) is 7.60. The molecular weight excluding hydrogens is 266 g/mol. The molecule has 0 saturated heterocycles. The van der Waals surface area contributed by atoms with E-state index >= 15 is 0 Å². The molecule has 1 aromatic rings. The van der Waals surface area contributed by atoms with Gasteiger partial charge in [-0.2, -0.15) is 13.2 Å². The number of hydrogen-bond donors (Lipinski definition) is 2. The summed E-state index contributed by atoms with van der Waals surface area (Å²) in [6, 6.07) is 1.96. The van der Waals surface area contributed by atoms with Crippen LogP contribution >= 0.6 is 11.6 Å². The molecular formula is C9H6ClF4NO2. The molecule has 1 atom stereocenters. The van der Waals surface area contributed by atoms with Crippen LogP contribution in [0.2, 0.25) is 5.02 Å². The van der Waals surface area contributed by atoms with Gasteiger partial charge in [-0.05, 0) is 18.2 Å². The normalized spacial score (nSPS) is 15.4. The van der Waals surface area contributed by atoms with Crippen molar-refractivity contribution in [2.24, 2.45) is 5.73 Å². The molecule has 0 heterocycles. The molecule has 0 aromatic heterocycles. The first-order valence-electron chi connectivity index (χ1n) is 4.15. The van der Waals surface area contributed by atoms with Gasteiger partial charge in [-0.1, -0.05) is 11.6 Å². The highest BCUT2D eigenvalue weighted by Crippen LogP contribution is 2.40. The first kappa shape index (κ1) is 13.7. The third-order valence-corrected chi connectivity index (χ3v) is 2.47. The Labute approximate surface area is 97.8 Å². The zero-order valence-corrected chi connectivity index (χ0v) is 8.81. The molecule has 0 amide bonds. The van der Waals surface area contributed by atoms with Gasteiger partial charge in [0.05, 0.1) is 0 Å². The van der Waals surface area contributed by atoms with E-state index in [1.54, 1.807) is 0 Å². The number of rotatable bonds is 2. The zero-order chi connectivity index (χ0) is 13.4. The van der Waals surface area contributed by atoms with E-state index in [-0.39, 0.29) is 0 Å². The molecule has 0 aliphatic rings. The van der Waals surface area contributed by atoms with Crippen LogP contribution in [-0.4, -0.2) is 17.3 Å². The summed E-state index contributed by atoms with van der Waals surface area (Å²) in [5.74, 6) is -3.43. The van der Waals surface area contributed by atoms with Crippen LogP contribution in [0.15, 0.2) is 18.2 Å². The highest BCUT2D eigenvalue weighted by molar-refractivity contribution is 6.31. The Balaban J connectivity index is 3.54. The maximum Gasteiger partial charge on any atom is 0.421 e. The maximum absolute atomic E-state index is 12.9. The minimum atomic E-state index is -5.31. The van der Waals surface area contributed by atoms with Crippen molar-refractivity contribution in [3.05, 3.63) is 34.6 Å². The Kier molecular flexibility index (Phi) is 3.35. The predicted molar refractivity (Wildman–Crippen MR) is 51.0 cm³/mol. The molecule has 3 nitrogen and oxygen atoms in total. The molecule has 0 fully saturated rings. The van der Waals surface area contributed by atoms with Crippen molar-refractivity contribution in [2.75, 3.05) is 0 Å². The maximum atomic E-state index is 12.9. The van der Waals surface area contributed by atoms with Gasteiger partial charge in [0, 0.05) is 10.6 Å². The van der Waals surface area contributed by atoms with Gasteiger partial charge in [-0.15, -0.1) is 0 Å². The van der Waals surface area contributed by atoms with Crippen LogP contribution in [0, 0.1) is 5.82 Å². The molecule has 0 bridgehead atoms. The van der Waals surface area contributed by atoms with Gasteiger partial charge >= 0.3 is 12.1 Å². The third kappa shape index (κ3) is 2.20. The van der Waals surface area contributed by atoms with Gasteiger partial charge in [-0.3, -0.25) is 0 Å². The van der Waals surface area contributed by atoms with Crippen molar-refractivity contribution in [3.8, 4) is 0 Å². The Bertz CT molecular complexity index is 463. The number of hydrogen-bond acceptors (Lipinski definition) is 2. The fourth-order valence-corrected chi connectivity index (χ4v) is 1.46. The fraction of sp³-hybridized carbons (Fsp3) is 0.222. The van der Waals surface area contributed by atoms with Crippen molar-refractivity contribution >= 4 is 17.6 Å². The van der Waals surface area contributed by atoms with Crippen LogP contribution in [0.1, 0.15) is 5.56 Å². The molecule has 94 valence electrons. The summed E-state index contributed by atoms with van der Waals surface area (Å²) in [7, 11) is 0. The Morgan fingerprint density at radius 3 is 2.29 bits per heavy atom. The highest BCUT2D eigenvalue weighted by atomic mass is 35.5. The van der Waals surface area contributed by atoms with Gasteiger partial charge < -0.3 is 10.8 Å². The standard InChI is InChI=1S/C9H6ClF4NO2/c10-6-2-1-4(11)3-5(6)8(15,7(16)17)9(12,13)14/h1-3H,15H2,(H,16,17). The third-order valence-electron chi connectivity index (χ3n) is 2.14. The van der Waals surface area contributed by atoms with E-state index in [4.69, 9.17) is 22.4 Å². The summed E-state index contributed by atoms with van der Waals surface area (Å²) in [5, 5.41) is 8.04. The Hall–Kier alpha value is -1.34. The number of carboxylic acids is 1. The molecule has 1 aromatic carbocycles. The van der Waals surface area contributed by atoms with Crippen LogP contribution in [0.5, 0.6) is 0 Å². The van der Waals surface area contributed by atoms with Gasteiger partial charge in [0.15, 0.2) is 0 Å². The minimum Gasteiger partial charge on any atom is -0.479 e. The van der Waals surface area contributed by atoms with E-state index in [0.717, 1.165) is 12.1 Å². The lowest BCUT2D eigenvalue weighted by Gasteiger charge is -2.28. The Morgan fingerprint density at radius 1 is 1.35 bits per heavy atom. The van der Waals surface area contributed by atoms with Crippen molar-refractivity contribution in [2.45, 2.75) is 11.7 Å². The zero-order valence-electron chi connectivity index (χ0n) is 8.05. The lowest BCUT2D eigenvalue weighted by Crippen LogP contribution is -2.56. The van der Waals surface area contributed by atoms with Crippen LogP contribution in [0.3, 0.4) is 0 Å². The van der Waals surface area contributed by atoms with Crippen LogP contribution in [-0.2, 0) is 10.3 Å². The van der Waals surface area contributed by atoms with E-state index < -0.39 is 34.1 Å². The molecule has 17 heavy (non-hydrogen) atoms. The first-order valence-corrected chi connectivity index (χ1v) is 4.53. The van der Waals surface area contributed by atoms with Gasteiger partial charge in [-0.25, -0.2) is 9.18 Å². The smallest absolute Gasteiger partial charge is 0.421 e. The topological polar surface area (TPSA) is 63.3 Å². The van der Waals surface area contributed by atoms with E-state index in [9.17, 15) is 22.4 Å². The number of benzene rings is 1. The van der Waals surface area contributed by atoms with E-state index in [0.29, 0.717) is 6.07 Å². The minimum absolute atomic E-state index is 0.351. The average Bonchev–Trinajstić information content (AvgIpc) is 2.18. The van der Waals surface area contributed by atoms with E-state index in [1.807, 2.05) is 0 Å². The summed E-state index contributed by atoms with van der Waals surface area (Å²) in [6.07, 6.45) is -5.31. The van der Waals surface area contributed by atoms with Crippen molar-refractivity contribution in [3.63, 3.8) is 0 Å². The number of nitrogens with two attached hydrogens (primary N) is 1. The average molecular weight is 272 g/mol. The van der Waals surface area contributed by atoms with Gasteiger partial charge in [0.25, 0.3) is 0 Å². The number of halogens is 5. The number of carboxylic acid groups (broad SMARTS) is 1. The van der Waals surface area contributed by atoms with Crippen LogP contribution in [0.25, 0.3) is 0 Å². The molecule has 0 aliphatic carbocycles. The lowest BCUT2D eigenvalue weighted by atomic mass is 9.90. The van der Waals surface area contributed by atoms with Crippen molar-refractivity contribution < 1.29 is 27.5 Å². The Morgan fingerprint density at radius 2 is 1.88 bits per heavy atom. The molecule has 8 heteroatoms. The fourth-order valence-electron chi connectivity index (χ4n) is 1.19. The summed E-state index contributed by atoms with van der Waals surface area (Å²) in [6.45, 7) is 0. The number of aliphatic carboxylic acids is 1. The molecule has 0 radical (unpaired) electrons. The van der Waals surface area contributed by atoms with Crippen LogP contribution in [0.4, 0.5) is 17.6 Å². The van der Waals surface area contributed by atoms with Crippen molar-refractivity contribution in [1.82, 2.24) is 0 Å². The predicted octanol–water partition coefficient (Wildman–Crippen LogP) is 2.28. The number of carbonyl (C=O) groups is 1. The lowest BCUT2D eigenvalue weighted by molar-refractivity contribution is -0.204. The monoisotopic (exact) mass is 271 g/mol. The molecule has 3 N–H and O–H groups in total. The largest absolute Gasteiger partial charge is 0.479 e. The molecule has 1 unspecified atom stereocenters. The second kappa shape index (κ2) is 4.15. The van der Waals surface area contributed by atoms with E-state index in [1.165, 1.54) is 0 Å². The summed E-state index contributed by atoms with van der Waals surface area (Å²) in [4.78, 5) is 10.7.